The summed E-state index contributed by atoms with van der Waals surface area (Å²) in [6.07, 6.45) is 9.66. The molecule has 1 saturated carbocycles. The van der Waals surface area contributed by atoms with Crippen molar-refractivity contribution in [2.45, 2.75) is 38.6 Å². The summed E-state index contributed by atoms with van der Waals surface area (Å²) in [7, 11) is 0. The van der Waals surface area contributed by atoms with E-state index in [1.54, 1.807) is 0 Å². The van der Waals surface area contributed by atoms with Gasteiger partial charge in [-0.15, -0.1) is 0 Å². The molecule has 0 aromatic heterocycles. The Bertz CT molecular complexity index is 90.7. The molecular formula is C8H15N. The fourth-order valence-corrected chi connectivity index (χ4v) is 1.32. The summed E-state index contributed by atoms with van der Waals surface area (Å²) >= 11 is 0. The van der Waals surface area contributed by atoms with Crippen LogP contribution >= 0.6 is 0 Å². The van der Waals surface area contributed by atoms with E-state index in [0.717, 1.165) is 6.04 Å². The van der Waals surface area contributed by atoms with Gasteiger partial charge in [0, 0.05) is 6.04 Å². The first kappa shape index (κ1) is 6.66. The minimum absolute atomic E-state index is 0.779. The molecule has 0 heterocycles. The molecule has 1 fully saturated rings. The Labute approximate surface area is 57.1 Å². The van der Waals surface area contributed by atoms with Gasteiger partial charge in [0.1, 0.15) is 0 Å². The Morgan fingerprint density at radius 3 is 2.56 bits per heavy atom. The van der Waals surface area contributed by atoms with Crippen LogP contribution in [-0.2, 0) is 0 Å². The highest BCUT2D eigenvalue weighted by molar-refractivity contribution is 4.82. The molecule has 0 radical (unpaired) electrons. The van der Waals surface area contributed by atoms with Crippen LogP contribution in [0, 0.1) is 0 Å². The quantitative estimate of drug-likeness (QED) is 0.595. The molecular weight excluding hydrogens is 110 g/mol. The van der Waals surface area contributed by atoms with E-state index in [2.05, 4.69) is 17.6 Å². The molecule has 0 amide bonds. The van der Waals surface area contributed by atoms with E-state index in [0.29, 0.717) is 0 Å². The van der Waals surface area contributed by atoms with Gasteiger partial charge in [-0.2, -0.15) is 0 Å². The van der Waals surface area contributed by atoms with Crippen LogP contribution in [0.1, 0.15) is 32.6 Å². The molecule has 1 nitrogen and oxygen atoms in total. The van der Waals surface area contributed by atoms with E-state index in [1.165, 1.54) is 25.7 Å². The topological polar surface area (TPSA) is 12.0 Å². The third-order valence-corrected chi connectivity index (χ3v) is 1.85. The highest BCUT2D eigenvalue weighted by Gasteiger charge is 2.11. The molecule has 1 aliphatic rings. The molecule has 0 saturated heterocycles. The third-order valence-electron chi connectivity index (χ3n) is 1.85. The molecule has 52 valence electrons. The third kappa shape index (κ3) is 2.08. The maximum absolute atomic E-state index is 3.35. The van der Waals surface area contributed by atoms with Crippen LogP contribution < -0.4 is 5.32 Å². The van der Waals surface area contributed by atoms with E-state index < -0.39 is 0 Å². The van der Waals surface area contributed by atoms with Crippen molar-refractivity contribution in [2.24, 2.45) is 0 Å². The van der Waals surface area contributed by atoms with Gasteiger partial charge < -0.3 is 5.32 Å². The van der Waals surface area contributed by atoms with Crippen molar-refractivity contribution < 1.29 is 0 Å². The second-order valence-corrected chi connectivity index (χ2v) is 2.65. The van der Waals surface area contributed by atoms with Crippen LogP contribution in [-0.4, -0.2) is 6.04 Å². The number of nitrogens with one attached hydrogen (secondary N) is 1. The first-order chi connectivity index (χ1) is 4.43. The normalized spacial score (nSPS) is 21.4. The summed E-state index contributed by atoms with van der Waals surface area (Å²) in [5, 5.41) is 3.35. The summed E-state index contributed by atoms with van der Waals surface area (Å²) in [6, 6.07) is 0.779. The van der Waals surface area contributed by atoms with Crippen molar-refractivity contribution in [3.8, 4) is 0 Å². The first-order valence-electron chi connectivity index (χ1n) is 3.80. The van der Waals surface area contributed by atoms with Crippen molar-refractivity contribution in [2.75, 3.05) is 0 Å². The zero-order valence-corrected chi connectivity index (χ0v) is 6.06. The minimum Gasteiger partial charge on any atom is -0.388 e. The van der Waals surface area contributed by atoms with Gasteiger partial charge in [-0.25, -0.2) is 0 Å². The fraction of sp³-hybridized carbons (Fsp3) is 0.750. The van der Waals surface area contributed by atoms with E-state index >= 15 is 0 Å². The summed E-state index contributed by atoms with van der Waals surface area (Å²) in [5.41, 5.74) is 0. The lowest BCUT2D eigenvalue weighted by molar-refractivity contribution is 0.607. The van der Waals surface area contributed by atoms with Gasteiger partial charge in [-0.1, -0.05) is 18.9 Å². The lowest BCUT2D eigenvalue weighted by atomic mass is 10.3. The van der Waals surface area contributed by atoms with E-state index in [9.17, 15) is 0 Å². The molecule has 0 aromatic rings. The van der Waals surface area contributed by atoms with Crippen LogP contribution in [0.25, 0.3) is 0 Å². The lowest BCUT2D eigenvalue weighted by Gasteiger charge is -2.06. The SMILES string of the molecule is C/C=C/NC1CCCC1. The van der Waals surface area contributed by atoms with Gasteiger partial charge in [0.2, 0.25) is 0 Å². The van der Waals surface area contributed by atoms with Gasteiger partial charge in [-0.3, -0.25) is 0 Å². The molecule has 0 bridgehead atoms. The summed E-state index contributed by atoms with van der Waals surface area (Å²) in [4.78, 5) is 0. The molecule has 9 heavy (non-hydrogen) atoms. The Morgan fingerprint density at radius 1 is 1.33 bits per heavy atom. The van der Waals surface area contributed by atoms with Crippen molar-refractivity contribution in [1.82, 2.24) is 5.32 Å². The lowest BCUT2D eigenvalue weighted by Crippen LogP contribution is -2.19. The number of rotatable bonds is 2. The average molecular weight is 125 g/mol. The smallest absolute Gasteiger partial charge is 0.0255 e. The molecule has 0 unspecified atom stereocenters. The van der Waals surface area contributed by atoms with Crippen LogP contribution in [0.3, 0.4) is 0 Å². The second kappa shape index (κ2) is 3.54. The summed E-state index contributed by atoms with van der Waals surface area (Å²) in [5.74, 6) is 0. The summed E-state index contributed by atoms with van der Waals surface area (Å²) < 4.78 is 0. The van der Waals surface area contributed by atoms with E-state index in [1.807, 2.05) is 6.92 Å². The van der Waals surface area contributed by atoms with Crippen LogP contribution in [0.5, 0.6) is 0 Å². The largest absolute Gasteiger partial charge is 0.388 e. The van der Waals surface area contributed by atoms with Gasteiger partial charge in [0.05, 0.1) is 0 Å². The van der Waals surface area contributed by atoms with E-state index in [-0.39, 0.29) is 0 Å². The van der Waals surface area contributed by atoms with Crippen molar-refractivity contribution in [1.29, 1.82) is 0 Å². The van der Waals surface area contributed by atoms with Gasteiger partial charge in [-0.05, 0) is 26.0 Å². The highest BCUT2D eigenvalue weighted by Crippen LogP contribution is 2.17. The van der Waals surface area contributed by atoms with Gasteiger partial charge in [0.15, 0.2) is 0 Å². The summed E-state index contributed by atoms with van der Waals surface area (Å²) in [6.45, 7) is 2.04. The predicted octanol–water partition coefficient (Wildman–Crippen LogP) is 2.05. The molecule has 0 aliphatic heterocycles. The Hall–Kier alpha value is -0.460. The van der Waals surface area contributed by atoms with Crippen molar-refractivity contribution in [3.05, 3.63) is 12.3 Å². The molecule has 0 spiro atoms. The maximum atomic E-state index is 3.35. The van der Waals surface area contributed by atoms with Crippen LogP contribution in [0.4, 0.5) is 0 Å². The monoisotopic (exact) mass is 125 g/mol. The van der Waals surface area contributed by atoms with Crippen molar-refractivity contribution >= 4 is 0 Å². The highest BCUT2D eigenvalue weighted by atomic mass is 14.9. The zero-order valence-electron chi connectivity index (χ0n) is 6.06. The number of hydrogen-bond donors (Lipinski definition) is 1. The predicted molar refractivity (Wildman–Crippen MR) is 40.2 cm³/mol. The molecule has 1 rings (SSSR count). The molecule has 1 N–H and O–H groups in total. The standard InChI is InChI=1S/C8H15N/c1-2-7-9-8-5-3-4-6-8/h2,7-9H,3-6H2,1H3/b7-2+. The molecule has 0 aromatic carbocycles. The fourth-order valence-electron chi connectivity index (χ4n) is 1.32. The molecule has 1 heteroatoms. The Morgan fingerprint density at radius 2 is 2.00 bits per heavy atom. The number of allylic oxidation sites excluding steroid dienone is 1. The average Bonchev–Trinajstić information content (AvgIpc) is 2.34. The maximum Gasteiger partial charge on any atom is 0.0255 e. The molecule has 1 aliphatic carbocycles. The zero-order chi connectivity index (χ0) is 6.53. The Kier molecular flexibility index (Phi) is 2.62. The van der Waals surface area contributed by atoms with Crippen LogP contribution in [0.2, 0.25) is 0 Å². The van der Waals surface area contributed by atoms with E-state index in [4.69, 9.17) is 0 Å². The first-order valence-corrected chi connectivity index (χ1v) is 3.80. The van der Waals surface area contributed by atoms with Crippen molar-refractivity contribution in [3.63, 3.8) is 0 Å². The minimum atomic E-state index is 0.779. The van der Waals surface area contributed by atoms with Gasteiger partial charge in [0.25, 0.3) is 0 Å². The number of hydrogen-bond acceptors (Lipinski definition) is 1. The van der Waals surface area contributed by atoms with Gasteiger partial charge >= 0.3 is 0 Å². The Balaban J connectivity index is 2.11. The second-order valence-electron chi connectivity index (χ2n) is 2.65. The molecule has 0 atom stereocenters. The van der Waals surface area contributed by atoms with Crippen LogP contribution in [0.15, 0.2) is 12.3 Å².